The summed E-state index contributed by atoms with van der Waals surface area (Å²) in [7, 11) is 0. The van der Waals surface area contributed by atoms with Gasteiger partial charge >= 0.3 is 0 Å². The van der Waals surface area contributed by atoms with Crippen LogP contribution in [0.15, 0.2) is 51.8 Å². The molecule has 2 aromatic carbocycles. The van der Waals surface area contributed by atoms with Crippen molar-refractivity contribution in [3.63, 3.8) is 0 Å². The van der Waals surface area contributed by atoms with Crippen LogP contribution >= 0.6 is 39.3 Å². The highest BCUT2D eigenvalue weighted by molar-refractivity contribution is 9.10. The van der Waals surface area contributed by atoms with E-state index in [4.69, 9.17) is 11.6 Å². The standard InChI is InChI=1S/C19H20BrClN2O2S/c1-12-3-4-14(20)11-17(12)23-18(24)9-10-22-19(25)13(2)26-16-7-5-15(21)6-8-16/h3-8,11,13H,9-10H2,1-2H3,(H,22,25)(H,23,24). The first kappa shape index (κ1) is 20.8. The van der Waals surface area contributed by atoms with Crippen LogP contribution in [0.25, 0.3) is 0 Å². The van der Waals surface area contributed by atoms with Gasteiger partial charge in [0.2, 0.25) is 11.8 Å². The van der Waals surface area contributed by atoms with Gasteiger partial charge in [0.25, 0.3) is 0 Å². The molecule has 0 aliphatic carbocycles. The Balaban J connectivity index is 1.75. The highest BCUT2D eigenvalue weighted by Crippen LogP contribution is 2.24. The molecule has 2 amide bonds. The Bertz CT molecular complexity index is 784. The van der Waals surface area contributed by atoms with Gasteiger partial charge in [-0.3, -0.25) is 9.59 Å². The van der Waals surface area contributed by atoms with Gasteiger partial charge in [0.15, 0.2) is 0 Å². The number of rotatable bonds is 7. The summed E-state index contributed by atoms with van der Waals surface area (Å²) in [6, 6.07) is 13.1. The molecule has 0 spiro atoms. The Hall–Kier alpha value is -1.50. The number of thioether (sulfide) groups is 1. The van der Waals surface area contributed by atoms with Crippen LogP contribution in [0.2, 0.25) is 5.02 Å². The zero-order valence-electron chi connectivity index (χ0n) is 14.5. The SMILES string of the molecule is Cc1ccc(Br)cc1NC(=O)CCNC(=O)C(C)Sc1ccc(Cl)cc1. The molecule has 26 heavy (non-hydrogen) atoms. The molecule has 138 valence electrons. The average Bonchev–Trinajstić information content (AvgIpc) is 2.60. The van der Waals surface area contributed by atoms with E-state index in [1.165, 1.54) is 11.8 Å². The molecule has 2 aromatic rings. The van der Waals surface area contributed by atoms with Gasteiger partial charge in [-0.15, -0.1) is 11.8 Å². The summed E-state index contributed by atoms with van der Waals surface area (Å²) in [5, 5.41) is 6.07. The number of hydrogen-bond acceptors (Lipinski definition) is 3. The molecular weight excluding hydrogens is 436 g/mol. The second-order valence-corrected chi connectivity index (χ2v) is 8.53. The first-order valence-corrected chi connectivity index (χ1v) is 10.2. The summed E-state index contributed by atoms with van der Waals surface area (Å²) in [5.41, 5.74) is 1.75. The first-order valence-electron chi connectivity index (χ1n) is 8.11. The Kier molecular flexibility index (Phi) is 8.00. The fourth-order valence-corrected chi connectivity index (χ4v) is 3.53. The molecule has 2 rings (SSSR count). The van der Waals surface area contributed by atoms with E-state index in [-0.39, 0.29) is 23.5 Å². The molecule has 0 aliphatic heterocycles. The molecular formula is C19H20BrClN2O2S. The Morgan fingerprint density at radius 2 is 1.88 bits per heavy atom. The fraction of sp³-hybridized carbons (Fsp3) is 0.263. The second-order valence-electron chi connectivity index (χ2n) is 5.76. The molecule has 0 aromatic heterocycles. The summed E-state index contributed by atoms with van der Waals surface area (Å²) in [6.45, 7) is 4.06. The van der Waals surface area contributed by atoms with E-state index in [0.29, 0.717) is 11.6 Å². The van der Waals surface area contributed by atoms with E-state index < -0.39 is 0 Å². The van der Waals surface area contributed by atoms with Gasteiger partial charge in [-0.1, -0.05) is 33.6 Å². The van der Waals surface area contributed by atoms with E-state index >= 15 is 0 Å². The summed E-state index contributed by atoms with van der Waals surface area (Å²) in [6.07, 6.45) is 0.218. The van der Waals surface area contributed by atoms with Crippen LogP contribution in [0.3, 0.4) is 0 Å². The normalized spacial score (nSPS) is 11.7. The molecule has 0 saturated heterocycles. The number of benzene rings is 2. The minimum Gasteiger partial charge on any atom is -0.355 e. The minimum atomic E-state index is -0.258. The van der Waals surface area contributed by atoms with E-state index in [1.54, 1.807) is 12.1 Å². The molecule has 0 saturated carbocycles. The van der Waals surface area contributed by atoms with Crippen LogP contribution in [-0.4, -0.2) is 23.6 Å². The van der Waals surface area contributed by atoms with Gasteiger partial charge < -0.3 is 10.6 Å². The van der Waals surface area contributed by atoms with Crippen LogP contribution in [-0.2, 0) is 9.59 Å². The van der Waals surface area contributed by atoms with Gasteiger partial charge in [0, 0.05) is 33.0 Å². The zero-order valence-corrected chi connectivity index (χ0v) is 17.7. The van der Waals surface area contributed by atoms with Gasteiger partial charge in [0.05, 0.1) is 5.25 Å². The Labute approximate surface area is 171 Å². The number of carbonyl (C=O) groups excluding carboxylic acids is 2. The smallest absolute Gasteiger partial charge is 0.233 e. The Morgan fingerprint density at radius 3 is 2.58 bits per heavy atom. The molecule has 0 fully saturated rings. The maximum atomic E-state index is 12.2. The summed E-state index contributed by atoms with van der Waals surface area (Å²) < 4.78 is 0.903. The topological polar surface area (TPSA) is 58.2 Å². The third kappa shape index (κ3) is 6.67. The van der Waals surface area contributed by atoms with Crippen molar-refractivity contribution in [2.24, 2.45) is 0 Å². The summed E-state index contributed by atoms with van der Waals surface area (Å²) >= 11 is 10.7. The van der Waals surface area contributed by atoms with Gasteiger partial charge in [-0.25, -0.2) is 0 Å². The van der Waals surface area contributed by atoms with Crippen molar-refractivity contribution in [1.29, 1.82) is 0 Å². The lowest BCUT2D eigenvalue weighted by Crippen LogP contribution is -2.33. The van der Waals surface area contributed by atoms with Crippen molar-refractivity contribution in [2.45, 2.75) is 30.4 Å². The lowest BCUT2D eigenvalue weighted by molar-refractivity contribution is -0.120. The minimum absolute atomic E-state index is 0.101. The number of halogens is 2. The molecule has 7 heteroatoms. The lowest BCUT2D eigenvalue weighted by atomic mass is 10.2. The quantitative estimate of drug-likeness (QED) is 0.575. The highest BCUT2D eigenvalue weighted by Gasteiger charge is 2.14. The van der Waals surface area contributed by atoms with Crippen molar-refractivity contribution in [3.8, 4) is 0 Å². The highest BCUT2D eigenvalue weighted by atomic mass is 79.9. The number of carbonyl (C=O) groups is 2. The maximum absolute atomic E-state index is 12.2. The lowest BCUT2D eigenvalue weighted by Gasteiger charge is -2.12. The van der Waals surface area contributed by atoms with Gasteiger partial charge in [-0.05, 0) is 55.8 Å². The predicted molar refractivity (Wildman–Crippen MR) is 112 cm³/mol. The van der Waals surface area contributed by atoms with Crippen LogP contribution in [0.1, 0.15) is 18.9 Å². The van der Waals surface area contributed by atoms with Crippen molar-refractivity contribution in [2.75, 3.05) is 11.9 Å². The number of hydrogen-bond donors (Lipinski definition) is 2. The Morgan fingerprint density at radius 1 is 1.19 bits per heavy atom. The average molecular weight is 456 g/mol. The number of nitrogens with one attached hydrogen (secondary N) is 2. The van der Waals surface area contributed by atoms with Crippen LogP contribution in [0.5, 0.6) is 0 Å². The first-order chi connectivity index (χ1) is 12.3. The van der Waals surface area contributed by atoms with Crippen LogP contribution in [0.4, 0.5) is 5.69 Å². The van der Waals surface area contributed by atoms with Crippen molar-refractivity contribution < 1.29 is 9.59 Å². The number of aryl methyl sites for hydroxylation is 1. The molecule has 1 unspecified atom stereocenters. The molecule has 0 heterocycles. The molecule has 2 N–H and O–H groups in total. The largest absolute Gasteiger partial charge is 0.355 e. The molecule has 4 nitrogen and oxygen atoms in total. The monoisotopic (exact) mass is 454 g/mol. The van der Waals surface area contributed by atoms with E-state index in [0.717, 1.165) is 20.6 Å². The van der Waals surface area contributed by atoms with Crippen molar-refractivity contribution in [1.82, 2.24) is 5.32 Å². The maximum Gasteiger partial charge on any atom is 0.233 e. The van der Waals surface area contributed by atoms with E-state index in [1.807, 2.05) is 44.2 Å². The van der Waals surface area contributed by atoms with E-state index in [9.17, 15) is 9.59 Å². The van der Waals surface area contributed by atoms with Crippen molar-refractivity contribution >= 4 is 56.8 Å². The predicted octanol–water partition coefficient (Wildman–Crippen LogP) is 5.04. The number of anilines is 1. The van der Waals surface area contributed by atoms with Gasteiger partial charge in [-0.2, -0.15) is 0 Å². The molecule has 0 bridgehead atoms. The van der Waals surface area contributed by atoms with Crippen LogP contribution < -0.4 is 10.6 Å². The summed E-state index contributed by atoms with van der Waals surface area (Å²) in [5.74, 6) is -0.235. The third-order valence-corrected chi connectivity index (χ3v) is 5.48. The van der Waals surface area contributed by atoms with E-state index in [2.05, 4.69) is 26.6 Å². The number of amides is 2. The van der Waals surface area contributed by atoms with Crippen molar-refractivity contribution in [3.05, 3.63) is 57.5 Å². The fourth-order valence-electron chi connectivity index (χ4n) is 2.16. The third-order valence-electron chi connectivity index (χ3n) is 3.62. The second kappa shape index (κ2) is 10.00. The zero-order chi connectivity index (χ0) is 19.1. The summed E-state index contributed by atoms with van der Waals surface area (Å²) in [4.78, 5) is 25.2. The van der Waals surface area contributed by atoms with Gasteiger partial charge in [0.1, 0.15) is 0 Å². The molecule has 0 radical (unpaired) electrons. The van der Waals surface area contributed by atoms with Crippen LogP contribution in [0, 0.1) is 6.92 Å². The molecule has 1 atom stereocenters. The molecule has 0 aliphatic rings.